The van der Waals surface area contributed by atoms with Gasteiger partial charge in [0.15, 0.2) is 6.10 Å². The second-order valence-corrected chi connectivity index (χ2v) is 18.0. The molecule has 0 aromatic carbocycles. The lowest BCUT2D eigenvalue weighted by Crippen LogP contribution is -2.34. The van der Waals surface area contributed by atoms with Gasteiger partial charge in [0.05, 0.1) is 13.2 Å². The predicted molar refractivity (Wildman–Crippen MR) is 254 cm³/mol. The standard InChI is InChI=1S/C50H90NO10P/c1-3-5-7-9-11-13-15-17-19-21-22-23-24-26-28-30-32-34-36-38-40-42-49(53)61-46(44-59-62(56,57)60-45-47(51)50(54)55)43-58-48(52)41-39-37-35-33-31-29-27-25-20-18-16-14-12-10-8-6-4-2/h12,14-15,17-18,20-22,46-47H,3-11,13,16,19,23-45,51H2,1-2H3,(H,54,55)(H,56,57)/b14-12-,17-15-,20-18-,22-21-. The summed E-state index contributed by atoms with van der Waals surface area (Å²) in [5.74, 6) is -2.39. The summed E-state index contributed by atoms with van der Waals surface area (Å²) < 4.78 is 32.8. The Hall–Kier alpha value is -2.56. The number of aliphatic carboxylic acids is 1. The molecule has 0 radical (unpaired) electrons. The average Bonchev–Trinajstić information content (AvgIpc) is 3.25. The number of hydrogen-bond acceptors (Lipinski definition) is 9. The van der Waals surface area contributed by atoms with Gasteiger partial charge in [0.1, 0.15) is 12.6 Å². The van der Waals surface area contributed by atoms with Crippen LogP contribution in [0.15, 0.2) is 48.6 Å². The summed E-state index contributed by atoms with van der Waals surface area (Å²) in [5.41, 5.74) is 5.35. The molecule has 0 aliphatic carbocycles. The summed E-state index contributed by atoms with van der Waals surface area (Å²) in [5, 5.41) is 8.91. The van der Waals surface area contributed by atoms with Crippen LogP contribution >= 0.6 is 7.82 Å². The number of hydrogen-bond donors (Lipinski definition) is 3. The van der Waals surface area contributed by atoms with Crippen molar-refractivity contribution in [2.24, 2.45) is 5.73 Å². The van der Waals surface area contributed by atoms with Crippen molar-refractivity contribution in [3.63, 3.8) is 0 Å². The van der Waals surface area contributed by atoms with E-state index in [1.807, 2.05) is 0 Å². The Morgan fingerprint density at radius 3 is 1.29 bits per heavy atom. The molecule has 0 heterocycles. The van der Waals surface area contributed by atoms with E-state index >= 15 is 0 Å². The minimum atomic E-state index is -4.72. The Kier molecular flexibility index (Phi) is 43.2. The van der Waals surface area contributed by atoms with Crippen LogP contribution in [0.3, 0.4) is 0 Å². The minimum Gasteiger partial charge on any atom is -0.480 e. The number of rotatable bonds is 46. The lowest BCUT2D eigenvalue weighted by Gasteiger charge is -2.20. The number of allylic oxidation sites excluding steroid dienone is 8. The van der Waals surface area contributed by atoms with Gasteiger partial charge in [-0.15, -0.1) is 0 Å². The van der Waals surface area contributed by atoms with Gasteiger partial charge < -0.3 is 25.2 Å². The monoisotopic (exact) mass is 896 g/mol. The topological polar surface area (TPSA) is 172 Å². The number of carbonyl (C=O) groups is 3. The maximum Gasteiger partial charge on any atom is 0.472 e. The van der Waals surface area contributed by atoms with Crippen LogP contribution in [-0.2, 0) is 37.5 Å². The zero-order valence-corrected chi connectivity index (χ0v) is 40.1. The molecule has 0 aliphatic heterocycles. The van der Waals surface area contributed by atoms with Crippen molar-refractivity contribution in [1.29, 1.82) is 0 Å². The summed E-state index contributed by atoms with van der Waals surface area (Å²) in [4.78, 5) is 46.1. The van der Waals surface area contributed by atoms with Gasteiger partial charge in [0, 0.05) is 12.8 Å². The number of phosphoric ester groups is 1. The van der Waals surface area contributed by atoms with Crippen molar-refractivity contribution >= 4 is 25.7 Å². The maximum atomic E-state index is 12.7. The molecular formula is C50H90NO10P. The summed E-state index contributed by atoms with van der Waals surface area (Å²) in [6.07, 6.45) is 51.6. The molecule has 360 valence electrons. The van der Waals surface area contributed by atoms with Crippen LogP contribution in [0, 0.1) is 0 Å². The minimum absolute atomic E-state index is 0.154. The first-order valence-electron chi connectivity index (χ1n) is 24.7. The maximum absolute atomic E-state index is 12.7. The Bertz CT molecular complexity index is 1240. The zero-order valence-electron chi connectivity index (χ0n) is 39.2. The van der Waals surface area contributed by atoms with E-state index in [1.54, 1.807) is 0 Å². The van der Waals surface area contributed by atoms with Crippen molar-refractivity contribution in [3.8, 4) is 0 Å². The summed E-state index contributed by atoms with van der Waals surface area (Å²) in [6.45, 7) is 2.78. The molecule has 0 aromatic rings. The molecule has 4 N–H and O–H groups in total. The van der Waals surface area contributed by atoms with Crippen LogP contribution in [0.5, 0.6) is 0 Å². The molecule has 12 heteroatoms. The Labute approximate surface area is 377 Å². The van der Waals surface area contributed by atoms with E-state index in [-0.39, 0.29) is 19.4 Å². The van der Waals surface area contributed by atoms with Crippen LogP contribution in [0.2, 0.25) is 0 Å². The van der Waals surface area contributed by atoms with E-state index in [4.69, 9.17) is 24.8 Å². The quantitative estimate of drug-likeness (QED) is 0.0230. The number of carboxylic acid groups (broad SMARTS) is 1. The molecule has 11 nitrogen and oxygen atoms in total. The van der Waals surface area contributed by atoms with E-state index in [2.05, 4.69) is 67.0 Å². The van der Waals surface area contributed by atoms with Crippen LogP contribution in [-0.4, -0.2) is 59.9 Å². The molecule has 0 aromatic heterocycles. The van der Waals surface area contributed by atoms with Crippen molar-refractivity contribution in [2.75, 3.05) is 19.8 Å². The third kappa shape index (κ3) is 44.1. The van der Waals surface area contributed by atoms with Gasteiger partial charge in [-0.2, -0.15) is 0 Å². The number of nitrogens with two attached hydrogens (primary N) is 1. The van der Waals surface area contributed by atoms with Gasteiger partial charge in [-0.3, -0.25) is 23.4 Å². The zero-order chi connectivity index (χ0) is 45.6. The lowest BCUT2D eigenvalue weighted by molar-refractivity contribution is -0.161. The van der Waals surface area contributed by atoms with E-state index in [1.165, 1.54) is 116 Å². The van der Waals surface area contributed by atoms with Crippen molar-refractivity contribution in [3.05, 3.63) is 48.6 Å². The predicted octanol–water partition coefficient (Wildman–Crippen LogP) is 13.7. The molecule has 62 heavy (non-hydrogen) atoms. The largest absolute Gasteiger partial charge is 0.480 e. The number of unbranched alkanes of at least 4 members (excludes halogenated alkanes) is 24. The number of carboxylic acids is 1. The Morgan fingerprint density at radius 2 is 0.855 bits per heavy atom. The molecule has 0 saturated heterocycles. The van der Waals surface area contributed by atoms with E-state index < -0.39 is 51.1 Å². The average molecular weight is 896 g/mol. The first-order valence-corrected chi connectivity index (χ1v) is 26.2. The van der Waals surface area contributed by atoms with Crippen LogP contribution in [0.4, 0.5) is 0 Å². The van der Waals surface area contributed by atoms with Gasteiger partial charge in [-0.25, -0.2) is 4.57 Å². The van der Waals surface area contributed by atoms with Crippen molar-refractivity contribution in [1.82, 2.24) is 0 Å². The highest BCUT2D eigenvalue weighted by Gasteiger charge is 2.28. The van der Waals surface area contributed by atoms with Gasteiger partial charge in [0.2, 0.25) is 0 Å². The fourth-order valence-corrected chi connectivity index (χ4v) is 7.43. The first kappa shape index (κ1) is 59.4. The SMILES string of the molecule is CCCCC/C=C\C/C=C\CCCCCCCCCC(=O)OCC(COP(=O)(O)OCC(N)C(=O)O)OC(=O)CCCCCCCCCCC/C=C\C/C=C\CCCCCCC. The normalized spacial score (nSPS) is 14.0. The fourth-order valence-electron chi connectivity index (χ4n) is 6.66. The smallest absolute Gasteiger partial charge is 0.472 e. The van der Waals surface area contributed by atoms with Crippen molar-refractivity contribution in [2.45, 2.75) is 231 Å². The second-order valence-electron chi connectivity index (χ2n) is 16.6. The molecule has 3 atom stereocenters. The van der Waals surface area contributed by atoms with Crippen molar-refractivity contribution < 1.29 is 47.5 Å². The van der Waals surface area contributed by atoms with Gasteiger partial charge in [-0.1, -0.05) is 178 Å². The Balaban J connectivity index is 4.29. The summed E-state index contributed by atoms with van der Waals surface area (Å²) >= 11 is 0. The number of carbonyl (C=O) groups excluding carboxylic acids is 2. The van der Waals surface area contributed by atoms with E-state index in [9.17, 15) is 23.8 Å². The van der Waals surface area contributed by atoms with Gasteiger partial charge >= 0.3 is 25.7 Å². The molecule has 0 amide bonds. The highest BCUT2D eigenvalue weighted by molar-refractivity contribution is 7.47. The number of esters is 2. The third-order valence-corrected chi connectivity index (χ3v) is 11.5. The van der Waals surface area contributed by atoms with Crippen LogP contribution in [0.1, 0.15) is 219 Å². The summed E-state index contributed by atoms with van der Waals surface area (Å²) in [6, 6.07) is -1.52. The van der Waals surface area contributed by atoms with Crippen LogP contribution < -0.4 is 5.73 Å². The molecule has 0 saturated carbocycles. The van der Waals surface area contributed by atoms with Gasteiger partial charge in [0.25, 0.3) is 0 Å². The van der Waals surface area contributed by atoms with Crippen LogP contribution in [0.25, 0.3) is 0 Å². The summed E-state index contributed by atoms with van der Waals surface area (Å²) in [7, 11) is -4.72. The fraction of sp³-hybridized carbons (Fsp3) is 0.780. The molecule has 0 aliphatic rings. The molecule has 0 spiro atoms. The molecule has 0 rings (SSSR count). The number of phosphoric acid groups is 1. The highest BCUT2D eigenvalue weighted by atomic mass is 31.2. The second kappa shape index (κ2) is 45.0. The Morgan fingerprint density at radius 1 is 0.500 bits per heavy atom. The molecule has 0 fully saturated rings. The van der Waals surface area contributed by atoms with E-state index in [0.29, 0.717) is 12.8 Å². The highest BCUT2D eigenvalue weighted by Crippen LogP contribution is 2.43. The van der Waals surface area contributed by atoms with E-state index in [0.717, 1.165) is 64.2 Å². The number of ether oxygens (including phenoxy) is 2. The van der Waals surface area contributed by atoms with Gasteiger partial charge in [-0.05, 0) is 77.0 Å². The molecular weight excluding hydrogens is 806 g/mol. The first-order chi connectivity index (χ1) is 30.1. The third-order valence-electron chi connectivity index (χ3n) is 10.5. The molecule has 3 unspecified atom stereocenters. The lowest BCUT2D eigenvalue weighted by atomic mass is 10.1. The molecule has 0 bridgehead atoms.